The minimum atomic E-state index is -0.987. The molecule has 0 aliphatic heterocycles. The van der Waals surface area contributed by atoms with Gasteiger partial charge in [-0.05, 0) is 21.0 Å². The lowest BCUT2D eigenvalue weighted by molar-refractivity contribution is -0.137. The van der Waals surface area contributed by atoms with E-state index in [4.69, 9.17) is 5.11 Å². The van der Waals surface area contributed by atoms with Gasteiger partial charge in [0.15, 0.2) is 0 Å². The molecule has 0 aliphatic rings. The van der Waals surface area contributed by atoms with E-state index in [1.54, 1.807) is 0 Å². The fourth-order valence-corrected chi connectivity index (χ4v) is 1.64. The molecular formula is C11H19N5O3. The van der Waals surface area contributed by atoms with Crippen LogP contribution in [0.3, 0.4) is 0 Å². The molecule has 1 atom stereocenters. The normalized spacial score (nSPS) is 12.2. The maximum atomic E-state index is 11.6. The molecule has 0 radical (unpaired) electrons. The molecule has 1 aromatic heterocycles. The van der Waals surface area contributed by atoms with Crippen molar-refractivity contribution in [2.45, 2.75) is 19.5 Å². The minimum absolute atomic E-state index is 0.00376. The second kappa shape index (κ2) is 6.74. The molecule has 0 bridgehead atoms. The lowest BCUT2D eigenvalue weighted by atomic mass is 10.3. The van der Waals surface area contributed by atoms with E-state index in [0.717, 1.165) is 6.54 Å². The average Bonchev–Trinajstić information content (AvgIpc) is 2.62. The molecule has 1 rings (SSSR count). The highest BCUT2D eigenvalue weighted by molar-refractivity contribution is 5.89. The highest BCUT2D eigenvalue weighted by atomic mass is 16.4. The fraction of sp³-hybridized carbons (Fsp3) is 0.545. The maximum absolute atomic E-state index is 11.6. The molecule has 0 aliphatic carbocycles. The van der Waals surface area contributed by atoms with Crippen LogP contribution in [0.4, 0.5) is 10.5 Å². The summed E-state index contributed by atoms with van der Waals surface area (Å²) in [5.41, 5.74) is 0.454. The summed E-state index contributed by atoms with van der Waals surface area (Å²) in [6.07, 6.45) is 2.86. The van der Waals surface area contributed by atoms with Crippen molar-refractivity contribution < 1.29 is 14.7 Å². The molecule has 8 heteroatoms. The lowest BCUT2D eigenvalue weighted by Crippen LogP contribution is -2.41. The van der Waals surface area contributed by atoms with Gasteiger partial charge in [0.2, 0.25) is 0 Å². The van der Waals surface area contributed by atoms with E-state index < -0.39 is 5.97 Å². The Morgan fingerprint density at radius 1 is 1.53 bits per heavy atom. The number of anilines is 1. The van der Waals surface area contributed by atoms with E-state index in [1.807, 2.05) is 25.9 Å². The standard InChI is InChI=1S/C11H19N5O3/c1-8(5-15(2)3)13-11(19)14-9-4-12-16(6-9)7-10(17)18/h4,6,8H,5,7H2,1-3H3,(H,17,18)(H2,13,14,19). The number of hydrogen-bond donors (Lipinski definition) is 3. The highest BCUT2D eigenvalue weighted by Crippen LogP contribution is 2.04. The summed E-state index contributed by atoms with van der Waals surface area (Å²) in [7, 11) is 3.85. The molecule has 2 amide bonds. The molecule has 0 saturated heterocycles. The van der Waals surface area contributed by atoms with Gasteiger partial charge in [-0.25, -0.2) is 4.79 Å². The number of nitrogens with one attached hydrogen (secondary N) is 2. The number of aliphatic carboxylic acids is 1. The van der Waals surface area contributed by atoms with Gasteiger partial charge in [0, 0.05) is 18.8 Å². The predicted molar refractivity (Wildman–Crippen MR) is 70.0 cm³/mol. The Hall–Kier alpha value is -2.09. The van der Waals surface area contributed by atoms with Crippen molar-refractivity contribution in [3.63, 3.8) is 0 Å². The zero-order chi connectivity index (χ0) is 14.4. The summed E-state index contributed by atoms with van der Waals surface area (Å²) in [5.74, 6) is -0.987. The van der Waals surface area contributed by atoms with Crippen LogP contribution in [0.2, 0.25) is 0 Å². The SMILES string of the molecule is CC(CN(C)C)NC(=O)Nc1cnn(CC(=O)O)c1. The van der Waals surface area contributed by atoms with Crippen molar-refractivity contribution in [1.82, 2.24) is 20.0 Å². The monoisotopic (exact) mass is 269 g/mol. The molecule has 1 aromatic rings. The van der Waals surface area contributed by atoms with E-state index in [9.17, 15) is 9.59 Å². The fourth-order valence-electron chi connectivity index (χ4n) is 1.64. The number of urea groups is 1. The van der Waals surface area contributed by atoms with Crippen LogP contribution in [0.1, 0.15) is 6.92 Å². The second-order valence-corrected chi connectivity index (χ2v) is 4.58. The van der Waals surface area contributed by atoms with E-state index in [-0.39, 0.29) is 18.6 Å². The van der Waals surface area contributed by atoms with Crippen LogP contribution in [0.5, 0.6) is 0 Å². The first-order chi connectivity index (χ1) is 8.86. The first-order valence-corrected chi connectivity index (χ1v) is 5.83. The van der Waals surface area contributed by atoms with Crippen molar-refractivity contribution in [1.29, 1.82) is 0 Å². The minimum Gasteiger partial charge on any atom is -0.480 e. The lowest BCUT2D eigenvalue weighted by Gasteiger charge is -2.18. The van der Waals surface area contributed by atoms with Crippen LogP contribution >= 0.6 is 0 Å². The topological polar surface area (TPSA) is 99.5 Å². The largest absolute Gasteiger partial charge is 0.480 e. The van der Waals surface area contributed by atoms with Crippen LogP contribution in [0.25, 0.3) is 0 Å². The van der Waals surface area contributed by atoms with Crippen molar-refractivity contribution in [2.24, 2.45) is 0 Å². The number of amides is 2. The molecule has 0 aromatic carbocycles. The Bertz CT molecular complexity index is 443. The Balaban J connectivity index is 2.44. The number of nitrogens with zero attached hydrogens (tertiary/aromatic N) is 3. The van der Waals surface area contributed by atoms with E-state index in [2.05, 4.69) is 15.7 Å². The van der Waals surface area contributed by atoms with Crippen LogP contribution in [-0.2, 0) is 11.3 Å². The summed E-state index contributed by atoms with van der Waals surface area (Å²) in [6, 6.07) is -0.340. The van der Waals surface area contributed by atoms with Gasteiger partial charge in [0.05, 0.1) is 11.9 Å². The number of aromatic nitrogens is 2. The predicted octanol–water partition coefficient (Wildman–Crippen LogP) is 0.0393. The second-order valence-electron chi connectivity index (χ2n) is 4.58. The quantitative estimate of drug-likeness (QED) is 0.677. The van der Waals surface area contributed by atoms with Gasteiger partial charge < -0.3 is 20.6 Å². The zero-order valence-electron chi connectivity index (χ0n) is 11.3. The van der Waals surface area contributed by atoms with Crippen LogP contribution in [0, 0.1) is 0 Å². The third kappa shape index (κ3) is 5.87. The van der Waals surface area contributed by atoms with E-state index >= 15 is 0 Å². The molecule has 0 spiro atoms. The molecule has 0 fully saturated rings. The Morgan fingerprint density at radius 3 is 2.79 bits per heavy atom. The molecule has 1 unspecified atom stereocenters. The number of likely N-dealkylation sites (N-methyl/N-ethyl adjacent to an activating group) is 1. The Morgan fingerprint density at radius 2 is 2.21 bits per heavy atom. The van der Waals surface area contributed by atoms with Crippen LogP contribution in [0.15, 0.2) is 12.4 Å². The summed E-state index contributed by atoms with van der Waals surface area (Å²) in [5, 5.41) is 17.8. The Kier molecular flexibility index (Phi) is 5.31. The van der Waals surface area contributed by atoms with E-state index in [0.29, 0.717) is 5.69 Å². The molecule has 0 saturated carbocycles. The van der Waals surface area contributed by atoms with Crippen molar-refractivity contribution >= 4 is 17.7 Å². The first-order valence-electron chi connectivity index (χ1n) is 5.83. The number of carbonyl (C=O) groups is 2. The van der Waals surface area contributed by atoms with Gasteiger partial charge in [-0.1, -0.05) is 0 Å². The molecule has 8 nitrogen and oxygen atoms in total. The third-order valence-electron chi connectivity index (χ3n) is 2.20. The summed E-state index contributed by atoms with van der Waals surface area (Å²) in [4.78, 5) is 24.1. The van der Waals surface area contributed by atoms with Gasteiger partial charge in [-0.15, -0.1) is 0 Å². The maximum Gasteiger partial charge on any atom is 0.325 e. The Labute approximate surface area is 111 Å². The van der Waals surface area contributed by atoms with Crippen molar-refractivity contribution in [3.8, 4) is 0 Å². The summed E-state index contributed by atoms with van der Waals surface area (Å²) >= 11 is 0. The number of hydrogen-bond acceptors (Lipinski definition) is 4. The summed E-state index contributed by atoms with van der Waals surface area (Å²) in [6.45, 7) is 2.39. The first kappa shape index (κ1) is 15.0. The number of carbonyl (C=O) groups excluding carboxylic acids is 1. The molecule has 106 valence electrons. The summed E-state index contributed by atoms with van der Waals surface area (Å²) < 4.78 is 1.24. The van der Waals surface area contributed by atoms with Crippen molar-refractivity contribution in [3.05, 3.63) is 12.4 Å². The van der Waals surface area contributed by atoms with E-state index in [1.165, 1.54) is 17.1 Å². The smallest absolute Gasteiger partial charge is 0.325 e. The number of carboxylic acids is 1. The van der Waals surface area contributed by atoms with Gasteiger partial charge in [0.1, 0.15) is 6.54 Å². The molecule has 3 N–H and O–H groups in total. The molecule has 1 heterocycles. The van der Waals surface area contributed by atoms with Crippen LogP contribution in [-0.4, -0.2) is 58.5 Å². The highest BCUT2D eigenvalue weighted by Gasteiger charge is 2.09. The zero-order valence-corrected chi connectivity index (χ0v) is 11.3. The average molecular weight is 269 g/mol. The number of carboxylic acid groups (broad SMARTS) is 1. The van der Waals surface area contributed by atoms with Gasteiger partial charge >= 0.3 is 12.0 Å². The third-order valence-corrected chi connectivity index (χ3v) is 2.20. The van der Waals surface area contributed by atoms with Gasteiger partial charge in [0.25, 0.3) is 0 Å². The molecule has 19 heavy (non-hydrogen) atoms. The van der Waals surface area contributed by atoms with Gasteiger partial charge in [-0.2, -0.15) is 5.10 Å². The van der Waals surface area contributed by atoms with Gasteiger partial charge in [-0.3, -0.25) is 9.48 Å². The van der Waals surface area contributed by atoms with Crippen LogP contribution < -0.4 is 10.6 Å². The van der Waals surface area contributed by atoms with Crippen molar-refractivity contribution in [2.75, 3.05) is 26.0 Å². The number of rotatable bonds is 6. The molecular weight excluding hydrogens is 250 g/mol.